The summed E-state index contributed by atoms with van der Waals surface area (Å²) in [5.41, 5.74) is 10.3. The van der Waals surface area contributed by atoms with E-state index in [1.54, 1.807) is 0 Å². The smallest absolute Gasteiger partial charge is 0.372 e. The van der Waals surface area contributed by atoms with Crippen LogP contribution in [-0.2, 0) is 7.05 Å². The van der Waals surface area contributed by atoms with Crippen molar-refractivity contribution in [3.8, 4) is 0 Å². The Hall–Kier alpha value is -2.90. The van der Waals surface area contributed by atoms with Crippen LogP contribution in [0.4, 0.5) is 36.2 Å². The summed E-state index contributed by atoms with van der Waals surface area (Å²) < 4.78 is 40.3. The fourth-order valence-electron chi connectivity index (χ4n) is 3.68. The summed E-state index contributed by atoms with van der Waals surface area (Å²) in [6, 6.07) is 13.6. The van der Waals surface area contributed by atoms with E-state index in [0.29, 0.717) is 19.0 Å². The Bertz CT molecular complexity index is 970. The highest BCUT2D eigenvalue weighted by Gasteiger charge is 2.41. The van der Waals surface area contributed by atoms with E-state index in [1.165, 1.54) is 0 Å². The van der Waals surface area contributed by atoms with Crippen LogP contribution in [0.25, 0.3) is 11.0 Å². The summed E-state index contributed by atoms with van der Waals surface area (Å²) in [5.74, 6) is -0.717. The first kappa shape index (κ1) is 18.5. The number of piperidine rings is 1. The molecule has 5 nitrogen and oxygen atoms in total. The maximum absolute atomic E-state index is 12.8. The molecule has 3 N–H and O–H groups in total. The number of nitrogens with one attached hydrogen (secondary N) is 1. The molecule has 0 amide bonds. The van der Waals surface area contributed by atoms with Gasteiger partial charge in [-0.25, -0.2) is 4.98 Å². The molecule has 1 saturated heterocycles. The van der Waals surface area contributed by atoms with Crippen molar-refractivity contribution in [3.63, 3.8) is 0 Å². The van der Waals surface area contributed by atoms with E-state index in [0.717, 1.165) is 28.1 Å². The lowest BCUT2D eigenvalue weighted by molar-refractivity contribution is -0.179. The van der Waals surface area contributed by atoms with E-state index in [4.69, 9.17) is 5.73 Å². The summed E-state index contributed by atoms with van der Waals surface area (Å²) in [6.45, 7) is 0.851. The lowest BCUT2D eigenvalue weighted by Crippen LogP contribution is -2.38. The minimum Gasteiger partial charge on any atom is -0.372 e. The highest BCUT2D eigenvalue weighted by molar-refractivity contribution is 5.83. The molecular weight excluding hydrogens is 367 g/mol. The van der Waals surface area contributed by atoms with E-state index in [1.807, 2.05) is 59.0 Å². The van der Waals surface area contributed by atoms with Crippen LogP contribution < -0.4 is 16.0 Å². The fraction of sp³-hybridized carbons (Fsp3) is 0.350. The van der Waals surface area contributed by atoms with Crippen molar-refractivity contribution in [2.45, 2.75) is 19.0 Å². The number of aryl methyl sites for hydroxylation is 1. The van der Waals surface area contributed by atoms with Gasteiger partial charge < -0.3 is 20.5 Å². The molecule has 1 fully saturated rings. The second-order valence-corrected chi connectivity index (χ2v) is 7.21. The molecule has 4 rings (SSSR count). The van der Waals surface area contributed by atoms with Crippen LogP contribution in [0.2, 0.25) is 0 Å². The fourth-order valence-corrected chi connectivity index (χ4v) is 3.68. The molecule has 1 aliphatic heterocycles. The monoisotopic (exact) mass is 389 g/mol. The van der Waals surface area contributed by atoms with Crippen LogP contribution >= 0.6 is 0 Å². The van der Waals surface area contributed by atoms with E-state index in [-0.39, 0.29) is 12.8 Å². The van der Waals surface area contributed by atoms with Gasteiger partial charge in [0.25, 0.3) is 0 Å². The van der Waals surface area contributed by atoms with Crippen LogP contribution in [0.15, 0.2) is 42.5 Å². The van der Waals surface area contributed by atoms with Gasteiger partial charge in [-0.1, -0.05) is 0 Å². The highest BCUT2D eigenvalue weighted by atomic mass is 19.4. The number of imidazole rings is 1. The van der Waals surface area contributed by atoms with Crippen LogP contribution in [0.1, 0.15) is 12.8 Å². The molecule has 8 heteroatoms. The van der Waals surface area contributed by atoms with Crippen molar-refractivity contribution < 1.29 is 13.2 Å². The largest absolute Gasteiger partial charge is 0.391 e. The van der Waals surface area contributed by atoms with Gasteiger partial charge in [-0.15, -0.1) is 0 Å². The van der Waals surface area contributed by atoms with Gasteiger partial charge in [-0.3, -0.25) is 0 Å². The number of nitrogen functional groups attached to an aromatic ring is 1. The number of rotatable bonds is 3. The zero-order chi connectivity index (χ0) is 19.9. The second kappa shape index (κ2) is 6.92. The predicted octanol–water partition coefficient (Wildman–Crippen LogP) is 4.68. The zero-order valence-corrected chi connectivity index (χ0v) is 15.5. The van der Waals surface area contributed by atoms with Crippen molar-refractivity contribution >= 4 is 34.0 Å². The van der Waals surface area contributed by atoms with Gasteiger partial charge in [0.1, 0.15) is 0 Å². The van der Waals surface area contributed by atoms with Gasteiger partial charge in [0.15, 0.2) is 0 Å². The quantitative estimate of drug-likeness (QED) is 0.683. The van der Waals surface area contributed by atoms with Gasteiger partial charge >= 0.3 is 6.18 Å². The van der Waals surface area contributed by atoms with Crippen LogP contribution in [0.5, 0.6) is 0 Å². The first-order valence-electron chi connectivity index (χ1n) is 9.22. The topological polar surface area (TPSA) is 59.1 Å². The highest BCUT2D eigenvalue weighted by Crippen LogP contribution is 2.35. The lowest BCUT2D eigenvalue weighted by Gasteiger charge is -2.34. The normalized spacial score (nSPS) is 15.9. The molecule has 0 saturated carbocycles. The molecule has 148 valence electrons. The molecule has 2 aromatic carbocycles. The maximum atomic E-state index is 12.8. The molecular formula is C20H22F3N5. The number of hydrogen-bond acceptors (Lipinski definition) is 4. The third-order valence-corrected chi connectivity index (χ3v) is 5.39. The number of nitrogens with zero attached hydrogens (tertiary/aromatic N) is 3. The Morgan fingerprint density at radius 1 is 1.04 bits per heavy atom. The third kappa shape index (κ3) is 3.58. The minimum atomic E-state index is -4.08. The van der Waals surface area contributed by atoms with Crippen molar-refractivity contribution in [1.29, 1.82) is 0 Å². The molecule has 0 radical (unpaired) electrons. The summed E-state index contributed by atoms with van der Waals surface area (Å²) in [7, 11) is 1.87. The lowest BCUT2D eigenvalue weighted by atomic mass is 9.96. The number of alkyl halides is 3. The number of nitrogens with two attached hydrogens (primary N) is 1. The van der Waals surface area contributed by atoms with E-state index in [9.17, 15) is 13.2 Å². The predicted molar refractivity (Wildman–Crippen MR) is 106 cm³/mol. The average molecular weight is 389 g/mol. The molecule has 3 aromatic rings. The number of anilines is 4. The van der Waals surface area contributed by atoms with Crippen molar-refractivity contribution in [2.24, 2.45) is 13.0 Å². The Kier molecular flexibility index (Phi) is 4.56. The van der Waals surface area contributed by atoms with Crippen LogP contribution in [0.3, 0.4) is 0 Å². The van der Waals surface area contributed by atoms with Gasteiger partial charge in [0.05, 0.1) is 17.0 Å². The van der Waals surface area contributed by atoms with Crippen molar-refractivity contribution in [3.05, 3.63) is 42.5 Å². The van der Waals surface area contributed by atoms with Gasteiger partial charge in [0.2, 0.25) is 5.95 Å². The van der Waals surface area contributed by atoms with E-state index in [2.05, 4.69) is 10.3 Å². The van der Waals surface area contributed by atoms with Crippen molar-refractivity contribution in [1.82, 2.24) is 9.55 Å². The maximum Gasteiger partial charge on any atom is 0.391 e. The number of benzene rings is 2. The molecule has 2 heterocycles. The SMILES string of the molecule is Cn1c(N)nc2cc(Nc3ccc(N4CCC(C(F)(F)F)CC4)cc3)ccc21. The van der Waals surface area contributed by atoms with Crippen LogP contribution in [-0.4, -0.2) is 28.8 Å². The summed E-state index contributed by atoms with van der Waals surface area (Å²) in [5, 5.41) is 3.32. The average Bonchev–Trinajstić information content (AvgIpc) is 2.95. The Morgan fingerprint density at radius 3 is 2.32 bits per heavy atom. The van der Waals surface area contributed by atoms with Gasteiger partial charge in [0, 0.05) is 37.2 Å². The first-order chi connectivity index (χ1) is 13.3. The van der Waals surface area contributed by atoms with Crippen LogP contribution in [0, 0.1) is 5.92 Å². The molecule has 0 unspecified atom stereocenters. The van der Waals surface area contributed by atoms with Gasteiger partial charge in [-0.2, -0.15) is 13.2 Å². The Morgan fingerprint density at radius 2 is 1.68 bits per heavy atom. The van der Waals surface area contributed by atoms with E-state index >= 15 is 0 Å². The first-order valence-corrected chi connectivity index (χ1v) is 9.22. The molecule has 1 aromatic heterocycles. The number of halogens is 3. The summed E-state index contributed by atoms with van der Waals surface area (Å²) in [4.78, 5) is 6.34. The Balaban J connectivity index is 1.43. The third-order valence-electron chi connectivity index (χ3n) is 5.39. The van der Waals surface area contributed by atoms with Gasteiger partial charge in [-0.05, 0) is 55.3 Å². The Labute approximate surface area is 161 Å². The zero-order valence-electron chi connectivity index (χ0n) is 15.5. The molecule has 0 spiro atoms. The second-order valence-electron chi connectivity index (χ2n) is 7.21. The number of hydrogen-bond donors (Lipinski definition) is 2. The number of aromatic nitrogens is 2. The minimum absolute atomic E-state index is 0.150. The molecule has 0 atom stereocenters. The molecule has 0 aliphatic carbocycles. The molecule has 0 bridgehead atoms. The number of fused-ring (bicyclic) bond motifs is 1. The van der Waals surface area contributed by atoms with Crippen molar-refractivity contribution in [2.75, 3.05) is 29.0 Å². The molecule has 28 heavy (non-hydrogen) atoms. The summed E-state index contributed by atoms with van der Waals surface area (Å²) >= 11 is 0. The van der Waals surface area contributed by atoms with E-state index < -0.39 is 12.1 Å². The summed E-state index contributed by atoms with van der Waals surface area (Å²) in [6.07, 6.45) is -3.79. The molecule has 1 aliphatic rings. The standard InChI is InChI=1S/C20H22F3N5/c1-27-18-7-4-15(12-17(18)26-19(27)24)25-14-2-5-16(6-3-14)28-10-8-13(9-11-28)20(21,22)23/h2-7,12-13,25H,8-11H2,1H3,(H2,24,26).